The first-order valence-electron chi connectivity index (χ1n) is 5.74. The summed E-state index contributed by atoms with van der Waals surface area (Å²) >= 11 is 0. The number of ether oxygens (including phenoxy) is 2. The number of benzene rings is 1. The quantitative estimate of drug-likeness (QED) is 0.877. The Labute approximate surface area is 106 Å². The van der Waals surface area contributed by atoms with E-state index < -0.39 is 0 Å². The summed E-state index contributed by atoms with van der Waals surface area (Å²) in [6.45, 7) is 2.52. The molecule has 0 spiro atoms. The molecule has 94 valence electrons. The summed E-state index contributed by atoms with van der Waals surface area (Å²) in [7, 11) is 1.76. The van der Waals surface area contributed by atoms with Gasteiger partial charge in [0, 0.05) is 19.3 Å². The minimum atomic E-state index is 0.474. The summed E-state index contributed by atoms with van der Waals surface area (Å²) in [6, 6.07) is 9.18. The molecule has 2 aromatic rings. The van der Waals surface area contributed by atoms with Crippen molar-refractivity contribution in [3.8, 4) is 17.4 Å². The maximum Gasteiger partial charge on any atom is 0.225 e. The normalized spacial score (nSPS) is 9.89. The van der Waals surface area contributed by atoms with Crippen molar-refractivity contribution < 1.29 is 9.47 Å². The van der Waals surface area contributed by atoms with Gasteiger partial charge in [0.1, 0.15) is 0 Å². The molecule has 0 unspecified atom stereocenters. The van der Waals surface area contributed by atoms with Crippen LogP contribution in [-0.2, 0) is 0 Å². The van der Waals surface area contributed by atoms with Crippen LogP contribution in [0.3, 0.4) is 0 Å². The second-order valence-corrected chi connectivity index (χ2v) is 3.45. The maximum atomic E-state index is 5.69. The van der Waals surface area contributed by atoms with Crippen molar-refractivity contribution in [3.63, 3.8) is 0 Å². The van der Waals surface area contributed by atoms with E-state index in [4.69, 9.17) is 9.47 Å². The van der Waals surface area contributed by atoms with Crippen LogP contribution >= 0.6 is 0 Å². The second-order valence-electron chi connectivity index (χ2n) is 3.45. The van der Waals surface area contributed by atoms with Gasteiger partial charge in [-0.25, -0.2) is 4.98 Å². The fourth-order valence-corrected chi connectivity index (χ4v) is 1.44. The molecule has 1 aromatic carbocycles. The molecule has 0 aliphatic heterocycles. The monoisotopic (exact) mass is 245 g/mol. The Hall–Kier alpha value is -2.30. The molecule has 0 radical (unpaired) electrons. The van der Waals surface area contributed by atoms with Gasteiger partial charge in [-0.15, -0.1) is 0 Å². The molecular formula is C13H15N3O2. The van der Waals surface area contributed by atoms with Crippen molar-refractivity contribution in [2.24, 2.45) is 0 Å². The summed E-state index contributed by atoms with van der Waals surface area (Å²) in [5.74, 6) is 2.33. The lowest BCUT2D eigenvalue weighted by atomic mass is 10.3. The summed E-state index contributed by atoms with van der Waals surface area (Å²) in [5, 5.41) is 2.86. The fraction of sp³-hybridized carbons (Fsp3) is 0.231. The highest BCUT2D eigenvalue weighted by molar-refractivity contribution is 5.42. The molecule has 0 bridgehead atoms. The first-order chi connectivity index (χ1) is 8.83. The lowest BCUT2D eigenvalue weighted by molar-refractivity contribution is 0.319. The van der Waals surface area contributed by atoms with Crippen LogP contribution in [0.2, 0.25) is 0 Å². The molecule has 1 aromatic heterocycles. The molecular weight excluding hydrogens is 230 g/mol. The lowest BCUT2D eigenvalue weighted by Crippen LogP contribution is -1.98. The highest BCUT2D eigenvalue weighted by atomic mass is 16.5. The van der Waals surface area contributed by atoms with Crippen LogP contribution in [0.5, 0.6) is 17.4 Å². The van der Waals surface area contributed by atoms with Gasteiger partial charge in [-0.05, 0) is 19.1 Å². The lowest BCUT2D eigenvalue weighted by Gasteiger charge is -2.10. The Morgan fingerprint density at radius 1 is 1.17 bits per heavy atom. The number of hydrogen-bond donors (Lipinski definition) is 1. The molecule has 0 fully saturated rings. The van der Waals surface area contributed by atoms with Crippen molar-refractivity contribution in [2.45, 2.75) is 6.92 Å². The van der Waals surface area contributed by atoms with Crippen LogP contribution < -0.4 is 14.8 Å². The number of nitrogens with one attached hydrogen (secondary N) is 1. The van der Waals surface area contributed by atoms with Crippen LogP contribution in [0, 0.1) is 0 Å². The molecule has 0 amide bonds. The molecule has 5 nitrogen and oxygen atoms in total. The topological polar surface area (TPSA) is 56.3 Å². The number of para-hydroxylation sites is 2. The highest BCUT2D eigenvalue weighted by Crippen LogP contribution is 2.30. The molecule has 0 atom stereocenters. The zero-order chi connectivity index (χ0) is 12.8. The van der Waals surface area contributed by atoms with Crippen molar-refractivity contribution in [3.05, 3.63) is 36.5 Å². The van der Waals surface area contributed by atoms with Gasteiger partial charge in [-0.1, -0.05) is 12.1 Å². The van der Waals surface area contributed by atoms with Gasteiger partial charge in [0.05, 0.1) is 6.61 Å². The molecule has 0 aliphatic carbocycles. The summed E-state index contributed by atoms with van der Waals surface area (Å²) in [5.41, 5.74) is 0. The first-order valence-corrected chi connectivity index (χ1v) is 5.74. The van der Waals surface area contributed by atoms with Gasteiger partial charge in [0.25, 0.3) is 0 Å². The van der Waals surface area contributed by atoms with E-state index in [1.807, 2.05) is 31.2 Å². The minimum absolute atomic E-state index is 0.474. The second kappa shape index (κ2) is 5.86. The predicted octanol–water partition coefficient (Wildman–Crippen LogP) is 2.71. The Bertz CT molecular complexity index is 517. The average Bonchev–Trinajstić information content (AvgIpc) is 2.41. The smallest absolute Gasteiger partial charge is 0.225 e. The van der Waals surface area contributed by atoms with Crippen LogP contribution in [0.4, 0.5) is 5.95 Å². The van der Waals surface area contributed by atoms with Gasteiger partial charge in [0.2, 0.25) is 11.8 Å². The van der Waals surface area contributed by atoms with Crippen molar-refractivity contribution in [2.75, 3.05) is 19.0 Å². The molecule has 5 heteroatoms. The Morgan fingerprint density at radius 2 is 1.94 bits per heavy atom. The van der Waals surface area contributed by atoms with Gasteiger partial charge in [0.15, 0.2) is 11.5 Å². The highest BCUT2D eigenvalue weighted by Gasteiger charge is 2.06. The molecule has 1 N–H and O–H groups in total. The number of anilines is 1. The number of rotatable bonds is 5. The zero-order valence-electron chi connectivity index (χ0n) is 10.4. The summed E-state index contributed by atoms with van der Waals surface area (Å²) in [6.07, 6.45) is 1.64. The van der Waals surface area contributed by atoms with Crippen LogP contribution in [0.15, 0.2) is 36.5 Å². The van der Waals surface area contributed by atoms with Gasteiger partial charge in [-0.2, -0.15) is 4.98 Å². The van der Waals surface area contributed by atoms with E-state index in [2.05, 4.69) is 15.3 Å². The van der Waals surface area contributed by atoms with Crippen molar-refractivity contribution in [1.29, 1.82) is 0 Å². The zero-order valence-corrected chi connectivity index (χ0v) is 10.4. The molecule has 2 rings (SSSR count). The molecule has 1 heterocycles. The van der Waals surface area contributed by atoms with Crippen molar-refractivity contribution in [1.82, 2.24) is 9.97 Å². The van der Waals surface area contributed by atoms with Crippen LogP contribution in [0.1, 0.15) is 6.92 Å². The number of hydrogen-bond acceptors (Lipinski definition) is 5. The van der Waals surface area contributed by atoms with E-state index in [0.717, 1.165) is 0 Å². The summed E-state index contributed by atoms with van der Waals surface area (Å²) < 4.78 is 11.2. The Morgan fingerprint density at radius 3 is 2.67 bits per heavy atom. The maximum absolute atomic E-state index is 5.69. The molecule has 0 aliphatic rings. The minimum Gasteiger partial charge on any atom is -0.490 e. The first kappa shape index (κ1) is 12.2. The number of nitrogens with zero attached hydrogens (tertiary/aromatic N) is 2. The van der Waals surface area contributed by atoms with Gasteiger partial charge >= 0.3 is 0 Å². The third-order valence-corrected chi connectivity index (χ3v) is 2.22. The standard InChI is InChI=1S/C13H15N3O2/c1-3-17-10-6-4-5-7-11(10)18-12-8-9-15-13(14-2)16-12/h4-9H,3H2,1-2H3,(H,14,15,16). The Kier molecular flexibility index (Phi) is 3.96. The third kappa shape index (κ3) is 2.88. The van der Waals surface area contributed by atoms with E-state index in [9.17, 15) is 0 Å². The van der Waals surface area contributed by atoms with Crippen molar-refractivity contribution >= 4 is 5.95 Å². The van der Waals surface area contributed by atoms with Gasteiger partial charge < -0.3 is 14.8 Å². The SMILES string of the molecule is CCOc1ccccc1Oc1ccnc(NC)n1. The molecule has 0 saturated carbocycles. The molecule has 18 heavy (non-hydrogen) atoms. The van der Waals surface area contributed by atoms with Crippen LogP contribution in [0.25, 0.3) is 0 Å². The van der Waals surface area contributed by atoms with E-state index in [0.29, 0.717) is 29.9 Å². The molecule has 0 saturated heterocycles. The van der Waals surface area contributed by atoms with E-state index >= 15 is 0 Å². The number of aromatic nitrogens is 2. The van der Waals surface area contributed by atoms with Gasteiger partial charge in [-0.3, -0.25) is 0 Å². The third-order valence-electron chi connectivity index (χ3n) is 2.22. The predicted molar refractivity (Wildman–Crippen MR) is 69.3 cm³/mol. The van der Waals surface area contributed by atoms with E-state index in [1.54, 1.807) is 19.3 Å². The summed E-state index contributed by atoms with van der Waals surface area (Å²) in [4.78, 5) is 8.21. The average molecular weight is 245 g/mol. The van der Waals surface area contributed by atoms with Crippen LogP contribution in [-0.4, -0.2) is 23.6 Å². The largest absolute Gasteiger partial charge is 0.490 e. The Balaban J connectivity index is 2.22. The van der Waals surface area contributed by atoms with E-state index in [1.165, 1.54) is 0 Å². The van der Waals surface area contributed by atoms with E-state index in [-0.39, 0.29) is 0 Å². The fourth-order valence-electron chi connectivity index (χ4n) is 1.44.